The van der Waals surface area contributed by atoms with Gasteiger partial charge in [0.2, 0.25) is 0 Å². The zero-order valence-corrected chi connectivity index (χ0v) is 17.1. The number of fused-ring (bicyclic) bond motifs is 2. The molecular formula is C20H16BrNOS2. The van der Waals surface area contributed by atoms with E-state index < -0.39 is 5.41 Å². The van der Waals surface area contributed by atoms with E-state index in [1.807, 2.05) is 42.8 Å². The lowest BCUT2D eigenvalue weighted by Crippen LogP contribution is -2.31. The number of carbonyl (C=O) groups is 1. The maximum absolute atomic E-state index is 12.9. The molecule has 0 saturated heterocycles. The van der Waals surface area contributed by atoms with E-state index in [0.717, 1.165) is 36.8 Å². The van der Waals surface area contributed by atoms with Crippen molar-refractivity contribution >= 4 is 61.5 Å². The minimum Gasteiger partial charge on any atom is -0.294 e. The standard InChI is InChI=1S/C20H16BrNOS2/c1-24-18-16(23)11-20(17(18)12-6-4-3-5-7-12)14-9-8-13(21)10-15(14)22-19(20)25-2/h3-10H,11H2,1-2H3. The molecule has 0 fully saturated rings. The number of hydrogen-bond acceptors (Lipinski definition) is 4. The summed E-state index contributed by atoms with van der Waals surface area (Å²) >= 11 is 6.74. The number of thioether (sulfide) groups is 2. The molecule has 2 aliphatic rings. The molecule has 0 aromatic heterocycles. The molecule has 1 atom stereocenters. The van der Waals surface area contributed by atoms with Crippen LogP contribution in [0.2, 0.25) is 0 Å². The highest BCUT2D eigenvalue weighted by Crippen LogP contribution is 2.58. The van der Waals surface area contributed by atoms with Crippen LogP contribution < -0.4 is 0 Å². The van der Waals surface area contributed by atoms with Crippen molar-refractivity contribution < 1.29 is 4.79 Å². The third-order valence-corrected chi connectivity index (χ3v) is 6.96. The molecule has 1 spiro atoms. The maximum Gasteiger partial charge on any atom is 0.171 e. The Bertz CT molecular complexity index is 936. The molecule has 1 aliphatic heterocycles. The normalized spacial score (nSPS) is 21.9. The van der Waals surface area contributed by atoms with Gasteiger partial charge in [0.05, 0.1) is 21.1 Å². The van der Waals surface area contributed by atoms with Gasteiger partial charge in [0, 0.05) is 10.9 Å². The van der Waals surface area contributed by atoms with E-state index in [2.05, 4.69) is 34.1 Å². The smallest absolute Gasteiger partial charge is 0.171 e. The molecule has 2 nitrogen and oxygen atoms in total. The van der Waals surface area contributed by atoms with Gasteiger partial charge in [-0.05, 0) is 41.3 Å². The Morgan fingerprint density at radius 2 is 1.84 bits per heavy atom. The van der Waals surface area contributed by atoms with Gasteiger partial charge in [-0.1, -0.05) is 52.3 Å². The van der Waals surface area contributed by atoms with E-state index in [9.17, 15) is 4.79 Å². The monoisotopic (exact) mass is 429 g/mol. The van der Waals surface area contributed by atoms with Crippen LogP contribution in [0.4, 0.5) is 5.69 Å². The summed E-state index contributed by atoms with van der Waals surface area (Å²) in [5.41, 5.74) is 3.86. The van der Waals surface area contributed by atoms with Gasteiger partial charge in [-0.3, -0.25) is 4.79 Å². The number of nitrogens with zero attached hydrogens (tertiary/aromatic N) is 1. The minimum atomic E-state index is -0.452. The topological polar surface area (TPSA) is 29.4 Å². The Kier molecular flexibility index (Phi) is 4.42. The molecule has 4 rings (SSSR count). The molecule has 1 unspecified atom stereocenters. The molecule has 5 heteroatoms. The first-order chi connectivity index (χ1) is 12.1. The summed E-state index contributed by atoms with van der Waals surface area (Å²) in [6.45, 7) is 0. The van der Waals surface area contributed by atoms with Crippen molar-refractivity contribution in [2.75, 3.05) is 12.5 Å². The average Bonchev–Trinajstić information content (AvgIpc) is 3.09. The molecular weight excluding hydrogens is 414 g/mol. The first kappa shape index (κ1) is 17.1. The van der Waals surface area contributed by atoms with E-state index in [1.165, 1.54) is 0 Å². The second-order valence-corrected chi connectivity index (χ2v) is 8.59. The van der Waals surface area contributed by atoms with Crippen LogP contribution in [0, 0.1) is 0 Å². The summed E-state index contributed by atoms with van der Waals surface area (Å²) in [5.74, 6) is 0.212. The van der Waals surface area contributed by atoms with E-state index in [-0.39, 0.29) is 5.78 Å². The summed E-state index contributed by atoms with van der Waals surface area (Å²) in [5, 5.41) is 1.01. The highest BCUT2D eigenvalue weighted by molar-refractivity contribution is 9.10. The largest absolute Gasteiger partial charge is 0.294 e. The van der Waals surface area contributed by atoms with Gasteiger partial charge in [-0.2, -0.15) is 0 Å². The predicted molar refractivity (Wildman–Crippen MR) is 113 cm³/mol. The molecule has 0 saturated carbocycles. The van der Waals surface area contributed by atoms with Gasteiger partial charge in [0.25, 0.3) is 0 Å². The molecule has 1 aliphatic carbocycles. The van der Waals surface area contributed by atoms with Crippen LogP contribution in [0.3, 0.4) is 0 Å². The quantitative estimate of drug-likeness (QED) is 0.600. The van der Waals surface area contributed by atoms with Crippen molar-refractivity contribution in [3.8, 4) is 0 Å². The highest BCUT2D eigenvalue weighted by Gasteiger charge is 2.53. The fourth-order valence-corrected chi connectivity index (χ4v) is 5.82. The van der Waals surface area contributed by atoms with Crippen LogP contribution in [0.5, 0.6) is 0 Å². The van der Waals surface area contributed by atoms with Crippen LogP contribution in [-0.4, -0.2) is 23.3 Å². The summed E-state index contributed by atoms with van der Waals surface area (Å²) in [6, 6.07) is 16.5. The Morgan fingerprint density at radius 3 is 2.52 bits per heavy atom. The third-order valence-electron chi connectivity index (χ3n) is 4.80. The average molecular weight is 430 g/mol. The van der Waals surface area contributed by atoms with Crippen LogP contribution in [0.15, 0.2) is 62.9 Å². The number of Topliss-reactive ketones (excluding diaryl/α,β-unsaturated/α-hetero) is 1. The molecule has 2 aromatic carbocycles. The second-order valence-electron chi connectivity index (χ2n) is 6.06. The molecule has 0 amide bonds. The Morgan fingerprint density at radius 1 is 1.08 bits per heavy atom. The van der Waals surface area contributed by atoms with E-state index >= 15 is 0 Å². The van der Waals surface area contributed by atoms with Gasteiger partial charge in [0.15, 0.2) is 5.78 Å². The Hall–Kier alpha value is -1.30. The SMILES string of the molecule is CSC1=Nc2cc(Br)ccc2C12CC(=O)C(SC)=C2c1ccccc1. The molecule has 25 heavy (non-hydrogen) atoms. The number of allylic oxidation sites excluding steroid dienone is 2. The van der Waals surface area contributed by atoms with Crippen molar-refractivity contribution in [3.05, 3.63) is 69.0 Å². The molecule has 1 heterocycles. The lowest BCUT2D eigenvalue weighted by molar-refractivity contribution is -0.114. The predicted octanol–water partition coefficient (Wildman–Crippen LogP) is 5.84. The zero-order valence-electron chi connectivity index (χ0n) is 13.9. The first-order valence-electron chi connectivity index (χ1n) is 7.92. The van der Waals surface area contributed by atoms with Gasteiger partial charge < -0.3 is 0 Å². The third kappa shape index (κ3) is 2.47. The van der Waals surface area contributed by atoms with E-state index in [1.54, 1.807) is 23.5 Å². The van der Waals surface area contributed by atoms with Crippen molar-refractivity contribution in [3.63, 3.8) is 0 Å². The number of benzene rings is 2. The second kappa shape index (κ2) is 6.45. The van der Waals surface area contributed by atoms with Gasteiger partial charge in [0.1, 0.15) is 0 Å². The molecule has 2 aromatic rings. The zero-order chi connectivity index (χ0) is 17.6. The number of ketones is 1. The molecule has 0 radical (unpaired) electrons. The number of carbonyl (C=O) groups excluding carboxylic acids is 1. The van der Waals surface area contributed by atoms with Crippen molar-refractivity contribution in [2.24, 2.45) is 4.99 Å². The Balaban J connectivity index is 2.05. The lowest BCUT2D eigenvalue weighted by atomic mass is 9.74. The number of hydrogen-bond donors (Lipinski definition) is 0. The summed E-state index contributed by atoms with van der Waals surface area (Å²) < 4.78 is 1.01. The number of rotatable bonds is 2. The Labute approximate surface area is 164 Å². The van der Waals surface area contributed by atoms with Crippen LogP contribution in [-0.2, 0) is 10.2 Å². The molecule has 0 N–H and O–H groups in total. The fraction of sp³-hybridized carbons (Fsp3) is 0.200. The van der Waals surface area contributed by atoms with E-state index in [4.69, 9.17) is 4.99 Å². The summed E-state index contributed by atoms with van der Waals surface area (Å²) in [6.07, 6.45) is 4.50. The lowest BCUT2D eigenvalue weighted by Gasteiger charge is -2.30. The maximum atomic E-state index is 12.9. The van der Waals surface area contributed by atoms with Crippen LogP contribution in [0.1, 0.15) is 17.5 Å². The van der Waals surface area contributed by atoms with Gasteiger partial charge >= 0.3 is 0 Å². The summed E-state index contributed by atoms with van der Waals surface area (Å²) in [4.78, 5) is 18.7. The van der Waals surface area contributed by atoms with Crippen molar-refractivity contribution in [1.82, 2.24) is 0 Å². The fourth-order valence-electron chi connectivity index (χ4n) is 3.85. The minimum absolute atomic E-state index is 0.212. The highest BCUT2D eigenvalue weighted by atomic mass is 79.9. The van der Waals surface area contributed by atoms with Gasteiger partial charge in [-0.25, -0.2) is 4.99 Å². The molecule has 0 bridgehead atoms. The van der Waals surface area contributed by atoms with Gasteiger partial charge in [-0.15, -0.1) is 23.5 Å². The van der Waals surface area contributed by atoms with Crippen molar-refractivity contribution in [1.29, 1.82) is 0 Å². The molecule has 126 valence electrons. The van der Waals surface area contributed by atoms with E-state index in [0.29, 0.717) is 6.42 Å². The summed E-state index contributed by atoms with van der Waals surface area (Å²) in [7, 11) is 0. The number of aliphatic imine (C=N–C) groups is 1. The van der Waals surface area contributed by atoms with Crippen molar-refractivity contribution in [2.45, 2.75) is 11.8 Å². The number of halogens is 1. The van der Waals surface area contributed by atoms with Crippen LogP contribution in [0.25, 0.3) is 5.57 Å². The first-order valence-corrected chi connectivity index (χ1v) is 11.2. The van der Waals surface area contributed by atoms with Crippen LogP contribution >= 0.6 is 39.5 Å².